The molecule has 4 heteroatoms. The first-order valence-electron chi connectivity index (χ1n) is 6.15. The maximum absolute atomic E-state index is 11.6. The van der Waals surface area contributed by atoms with Crippen molar-refractivity contribution in [3.8, 4) is 5.75 Å². The highest BCUT2D eigenvalue weighted by molar-refractivity contribution is 5.92. The summed E-state index contributed by atoms with van der Waals surface area (Å²) in [5.74, 6) is 1.24. The topological polar surface area (TPSA) is 41.6 Å². The minimum absolute atomic E-state index is 0.0268. The monoisotopic (exact) mass is 250 g/mol. The maximum atomic E-state index is 11.6. The zero-order chi connectivity index (χ0) is 13.5. The van der Waals surface area contributed by atoms with E-state index in [1.54, 1.807) is 0 Å². The first kappa shape index (κ1) is 14.5. The second-order valence-electron chi connectivity index (χ2n) is 5.02. The smallest absolute Gasteiger partial charge is 0.238 e. The summed E-state index contributed by atoms with van der Waals surface area (Å²) in [6.07, 6.45) is 0. The SMILES string of the molecule is CC(C)COc1cccc(NC(=O)CN(C)C)c1. The molecule has 0 radical (unpaired) electrons. The Morgan fingerprint density at radius 1 is 1.39 bits per heavy atom. The Bertz CT molecular complexity index is 389. The van der Waals surface area contributed by atoms with Gasteiger partial charge < -0.3 is 15.0 Å². The third-order valence-electron chi connectivity index (χ3n) is 2.16. The summed E-state index contributed by atoms with van der Waals surface area (Å²) < 4.78 is 5.61. The van der Waals surface area contributed by atoms with Crippen LogP contribution in [0.4, 0.5) is 5.69 Å². The molecule has 0 fully saturated rings. The van der Waals surface area contributed by atoms with Crippen LogP contribution in [0.1, 0.15) is 13.8 Å². The number of nitrogens with one attached hydrogen (secondary N) is 1. The molecule has 18 heavy (non-hydrogen) atoms. The van der Waals surface area contributed by atoms with Gasteiger partial charge in [-0.15, -0.1) is 0 Å². The van der Waals surface area contributed by atoms with E-state index >= 15 is 0 Å². The van der Waals surface area contributed by atoms with Crippen molar-refractivity contribution < 1.29 is 9.53 Å². The Kier molecular flexibility index (Phi) is 5.65. The molecule has 0 heterocycles. The largest absolute Gasteiger partial charge is 0.493 e. The maximum Gasteiger partial charge on any atom is 0.238 e. The number of amides is 1. The molecular formula is C14H22N2O2. The van der Waals surface area contributed by atoms with E-state index in [0.29, 0.717) is 19.1 Å². The average Bonchev–Trinajstić information content (AvgIpc) is 2.25. The molecule has 0 aliphatic heterocycles. The van der Waals surface area contributed by atoms with Gasteiger partial charge in [-0.3, -0.25) is 4.79 Å². The molecule has 4 nitrogen and oxygen atoms in total. The summed E-state index contributed by atoms with van der Waals surface area (Å²) in [4.78, 5) is 13.4. The normalized spacial score (nSPS) is 10.8. The number of ether oxygens (including phenoxy) is 1. The molecule has 1 aromatic rings. The van der Waals surface area contributed by atoms with E-state index in [2.05, 4.69) is 19.2 Å². The quantitative estimate of drug-likeness (QED) is 0.841. The van der Waals surface area contributed by atoms with E-state index in [-0.39, 0.29) is 5.91 Å². The number of anilines is 1. The standard InChI is InChI=1S/C14H22N2O2/c1-11(2)10-18-13-7-5-6-12(8-13)15-14(17)9-16(3)4/h5-8,11H,9-10H2,1-4H3,(H,15,17). The number of carbonyl (C=O) groups is 1. The molecule has 1 rings (SSSR count). The summed E-state index contributed by atoms with van der Waals surface area (Å²) in [6.45, 7) is 5.25. The molecule has 0 atom stereocenters. The van der Waals surface area contributed by atoms with Gasteiger partial charge in [0, 0.05) is 11.8 Å². The number of nitrogens with zero attached hydrogens (tertiary/aromatic N) is 1. The van der Waals surface area contributed by atoms with E-state index in [1.807, 2.05) is 43.3 Å². The second kappa shape index (κ2) is 7.01. The van der Waals surface area contributed by atoms with Crippen LogP contribution in [0.15, 0.2) is 24.3 Å². The summed E-state index contributed by atoms with van der Waals surface area (Å²) in [7, 11) is 3.73. The van der Waals surface area contributed by atoms with Gasteiger partial charge in [0.05, 0.1) is 13.2 Å². The number of carbonyl (C=O) groups excluding carboxylic acids is 1. The van der Waals surface area contributed by atoms with Crippen LogP contribution in [0.25, 0.3) is 0 Å². The first-order valence-corrected chi connectivity index (χ1v) is 6.15. The lowest BCUT2D eigenvalue weighted by atomic mass is 10.2. The van der Waals surface area contributed by atoms with E-state index < -0.39 is 0 Å². The van der Waals surface area contributed by atoms with Crippen LogP contribution in [0.3, 0.4) is 0 Å². The number of hydrogen-bond donors (Lipinski definition) is 1. The van der Waals surface area contributed by atoms with Gasteiger partial charge in [0.1, 0.15) is 5.75 Å². The molecule has 0 spiro atoms. The fourth-order valence-corrected chi connectivity index (χ4v) is 1.41. The zero-order valence-corrected chi connectivity index (χ0v) is 11.6. The third-order valence-corrected chi connectivity index (χ3v) is 2.16. The van der Waals surface area contributed by atoms with Crippen molar-refractivity contribution in [2.24, 2.45) is 5.92 Å². The predicted molar refractivity (Wildman–Crippen MR) is 74.0 cm³/mol. The van der Waals surface area contributed by atoms with Gasteiger partial charge in [-0.2, -0.15) is 0 Å². The molecule has 0 saturated heterocycles. The number of benzene rings is 1. The van der Waals surface area contributed by atoms with Crippen LogP contribution in [-0.4, -0.2) is 38.1 Å². The third kappa shape index (κ3) is 5.68. The van der Waals surface area contributed by atoms with Crippen LogP contribution in [0.2, 0.25) is 0 Å². The molecule has 1 N–H and O–H groups in total. The van der Waals surface area contributed by atoms with Crippen molar-refractivity contribution in [1.82, 2.24) is 4.90 Å². The Morgan fingerprint density at radius 2 is 2.11 bits per heavy atom. The Labute approximate surface area is 109 Å². The molecule has 1 aromatic carbocycles. The minimum atomic E-state index is -0.0268. The highest BCUT2D eigenvalue weighted by Crippen LogP contribution is 2.17. The van der Waals surface area contributed by atoms with Crippen LogP contribution < -0.4 is 10.1 Å². The Balaban J connectivity index is 2.56. The van der Waals surface area contributed by atoms with Crippen LogP contribution >= 0.6 is 0 Å². The van der Waals surface area contributed by atoms with Gasteiger partial charge in [-0.05, 0) is 32.1 Å². The average molecular weight is 250 g/mol. The first-order chi connectivity index (χ1) is 8.47. The lowest BCUT2D eigenvalue weighted by molar-refractivity contribution is -0.116. The van der Waals surface area contributed by atoms with E-state index in [1.165, 1.54) is 0 Å². The molecule has 0 aliphatic rings. The summed E-state index contributed by atoms with van der Waals surface area (Å²) in [5.41, 5.74) is 0.767. The molecule has 1 amide bonds. The van der Waals surface area contributed by atoms with Gasteiger partial charge >= 0.3 is 0 Å². The van der Waals surface area contributed by atoms with Crippen molar-refractivity contribution in [2.45, 2.75) is 13.8 Å². The zero-order valence-electron chi connectivity index (χ0n) is 11.6. The Hall–Kier alpha value is -1.55. The predicted octanol–water partition coefficient (Wildman–Crippen LogP) is 2.22. The fourth-order valence-electron chi connectivity index (χ4n) is 1.41. The van der Waals surface area contributed by atoms with Gasteiger partial charge in [-0.1, -0.05) is 19.9 Å². The molecule has 0 bridgehead atoms. The highest BCUT2D eigenvalue weighted by Gasteiger charge is 2.04. The summed E-state index contributed by atoms with van der Waals surface area (Å²) in [5, 5.41) is 2.84. The van der Waals surface area contributed by atoms with E-state index in [9.17, 15) is 4.79 Å². The number of likely N-dealkylation sites (N-methyl/N-ethyl adjacent to an activating group) is 1. The van der Waals surface area contributed by atoms with Crippen molar-refractivity contribution in [3.63, 3.8) is 0 Å². The second-order valence-corrected chi connectivity index (χ2v) is 5.02. The molecule has 0 aliphatic carbocycles. The summed E-state index contributed by atoms with van der Waals surface area (Å²) >= 11 is 0. The van der Waals surface area contributed by atoms with Gasteiger partial charge in [-0.25, -0.2) is 0 Å². The van der Waals surface area contributed by atoms with Crippen LogP contribution in [0, 0.1) is 5.92 Å². The minimum Gasteiger partial charge on any atom is -0.493 e. The van der Waals surface area contributed by atoms with Crippen molar-refractivity contribution in [2.75, 3.05) is 32.6 Å². The number of hydrogen-bond acceptors (Lipinski definition) is 3. The number of rotatable bonds is 6. The summed E-state index contributed by atoms with van der Waals surface area (Å²) in [6, 6.07) is 7.47. The highest BCUT2D eigenvalue weighted by atomic mass is 16.5. The van der Waals surface area contributed by atoms with Gasteiger partial charge in [0.2, 0.25) is 5.91 Å². The van der Waals surface area contributed by atoms with Gasteiger partial charge in [0.25, 0.3) is 0 Å². The lowest BCUT2D eigenvalue weighted by Gasteiger charge is -2.12. The fraction of sp³-hybridized carbons (Fsp3) is 0.500. The van der Waals surface area contributed by atoms with Gasteiger partial charge in [0.15, 0.2) is 0 Å². The van der Waals surface area contributed by atoms with Crippen molar-refractivity contribution >= 4 is 11.6 Å². The van der Waals surface area contributed by atoms with E-state index in [0.717, 1.165) is 11.4 Å². The Morgan fingerprint density at radius 3 is 2.72 bits per heavy atom. The lowest BCUT2D eigenvalue weighted by Crippen LogP contribution is -2.27. The van der Waals surface area contributed by atoms with Crippen molar-refractivity contribution in [1.29, 1.82) is 0 Å². The van der Waals surface area contributed by atoms with Crippen LogP contribution in [0.5, 0.6) is 5.75 Å². The molecule has 100 valence electrons. The molecular weight excluding hydrogens is 228 g/mol. The van der Waals surface area contributed by atoms with Crippen molar-refractivity contribution in [3.05, 3.63) is 24.3 Å². The van der Waals surface area contributed by atoms with E-state index in [4.69, 9.17) is 4.74 Å². The molecule has 0 aromatic heterocycles. The molecule has 0 saturated carbocycles. The van der Waals surface area contributed by atoms with Crippen LogP contribution in [-0.2, 0) is 4.79 Å². The molecule has 0 unspecified atom stereocenters.